The second-order valence-corrected chi connectivity index (χ2v) is 5.62. The van der Waals surface area contributed by atoms with Gasteiger partial charge < -0.3 is 4.74 Å². The van der Waals surface area contributed by atoms with Crippen molar-refractivity contribution in [2.45, 2.75) is 38.6 Å². The number of alkyl halides is 3. The van der Waals surface area contributed by atoms with Gasteiger partial charge in [-0.1, -0.05) is 6.07 Å². The van der Waals surface area contributed by atoms with Crippen LogP contribution in [0.1, 0.15) is 22.9 Å². The Kier molecular flexibility index (Phi) is 5.35. The van der Waals surface area contributed by atoms with Crippen molar-refractivity contribution < 1.29 is 17.9 Å². The zero-order valence-electron chi connectivity index (χ0n) is 11.6. The van der Waals surface area contributed by atoms with Crippen molar-refractivity contribution in [2.24, 2.45) is 0 Å². The van der Waals surface area contributed by atoms with Crippen molar-refractivity contribution in [1.82, 2.24) is 14.8 Å². The van der Waals surface area contributed by atoms with Crippen molar-refractivity contribution in [2.75, 3.05) is 7.11 Å². The molecule has 4 nitrogen and oxygen atoms in total. The van der Waals surface area contributed by atoms with Gasteiger partial charge in [-0.2, -0.15) is 18.3 Å². The minimum atomic E-state index is -4.31. The second kappa shape index (κ2) is 7.04. The lowest BCUT2D eigenvalue weighted by atomic mass is 10.2. The first-order valence-electron chi connectivity index (χ1n) is 6.48. The van der Waals surface area contributed by atoms with Crippen LogP contribution in [0.4, 0.5) is 13.2 Å². The average Bonchev–Trinajstić information content (AvgIpc) is 2.99. The number of hydrogen-bond acceptors (Lipinski definition) is 4. The lowest BCUT2D eigenvalue weighted by molar-refractivity contribution is -0.143. The highest BCUT2D eigenvalue weighted by molar-refractivity contribution is 7.09. The molecule has 0 aromatic carbocycles. The van der Waals surface area contributed by atoms with E-state index in [1.165, 1.54) is 12.0 Å². The van der Waals surface area contributed by atoms with Gasteiger partial charge in [-0.25, -0.2) is 9.67 Å². The third-order valence-electron chi connectivity index (χ3n) is 2.80. The van der Waals surface area contributed by atoms with E-state index in [0.29, 0.717) is 12.2 Å². The van der Waals surface area contributed by atoms with Gasteiger partial charge in [-0.15, -0.1) is 11.3 Å². The Morgan fingerprint density at radius 3 is 2.76 bits per heavy atom. The van der Waals surface area contributed by atoms with Crippen LogP contribution >= 0.6 is 11.3 Å². The highest BCUT2D eigenvalue weighted by Crippen LogP contribution is 2.19. The number of aryl methyl sites for hydroxylation is 2. The zero-order chi connectivity index (χ0) is 15.3. The molecule has 21 heavy (non-hydrogen) atoms. The normalized spacial score (nSPS) is 12.0. The maximum absolute atomic E-state index is 12.5. The molecule has 0 fully saturated rings. The molecule has 0 aliphatic heterocycles. The summed E-state index contributed by atoms with van der Waals surface area (Å²) in [5.74, 6) is 0.642. The monoisotopic (exact) mass is 319 g/mol. The Morgan fingerprint density at radius 1 is 1.33 bits per heavy atom. The van der Waals surface area contributed by atoms with Crippen LogP contribution in [-0.2, 0) is 30.7 Å². The molecule has 0 N–H and O–H groups in total. The summed E-state index contributed by atoms with van der Waals surface area (Å²) in [5, 5.41) is 5.85. The molecule has 0 aliphatic rings. The van der Waals surface area contributed by atoms with Crippen LogP contribution < -0.4 is 0 Å². The number of halogens is 3. The van der Waals surface area contributed by atoms with Crippen molar-refractivity contribution in [3.63, 3.8) is 0 Å². The number of hydrogen-bond donors (Lipinski definition) is 0. The first-order chi connectivity index (χ1) is 9.98. The van der Waals surface area contributed by atoms with E-state index in [0.717, 1.165) is 17.5 Å². The van der Waals surface area contributed by atoms with E-state index in [2.05, 4.69) is 10.1 Å². The maximum atomic E-state index is 12.5. The fraction of sp³-hybridized carbons (Fsp3) is 0.538. The van der Waals surface area contributed by atoms with Crippen LogP contribution in [-0.4, -0.2) is 28.1 Å². The number of ether oxygens (including phenoxy) is 1. The first kappa shape index (κ1) is 16.0. The van der Waals surface area contributed by atoms with E-state index in [9.17, 15) is 13.2 Å². The minimum Gasteiger partial charge on any atom is -0.377 e. The predicted molar refractivity (Wildman–Crippen MR) is 73.1 cm³/mol. The summed E-state index contributed by atoms with van der Waals surface area (Å²) < 4.78 is 43.4. The SMILES string of the molecule is COCc1nc(CCCc2cccs2)n(CC(F)(F)F)n1. The standard InChI is InChI=1S/C13H16F3N3OS/c1-20-8-11-17-12(19(18-11)9-13(14,15)16)6-2-4-10-5-3-7-21-10/h3,5,7H,2,4,6,8-9H2,1H3. The third-order valence-corrected chi connectivity index (χ3v) is 3.73. The molecule has 0 saturated carbocycles. The van der Waals surface area contributed by atoms with E-state index >= 15 is 0 Å². The Morgan fingerprint density at radius 2 is 2.14 bits per heavy atom. The molecule has 0 amide bonds. The summed E-state index contributed by atoms with van der Waals surface area (Å²) in [7, 11) is 1.46. The van der Waals surface area contributed by atoms with Gasteiger partial charge in [0.15, 0.2) is 5.82 Å². The molecule has 2 rings (SSSR count). The van der Waals surface area contributed by atoms with Gasteiger partial charge in [0.05, 0.1) is 0 Å². The molecule has 0 bridgehead atoms. The van der Waals surface area contributed by atoms with Crippen molar-refractivity contribution in [3.8, 4) is 0 Å². The predicted octanol–water partition coefficient (Wildman–Crippen LogP) is 3.22. The second-order valence-electron chi connectivity index (χ2n) is 4.58. The van der Waals surface area contributed by atoms with Gasteiger partial charge in [0.1, 0.15) is 19.0 Å². The van der Waals surface area contributed by atoms with Crippen LogP contribution in [0.5, 0.6) is 0 Å². The smallest absolute Gasteiger partial charge is 0.377 e. The highest BCUT2D eigenvalue weighted by atomic mass is 32.1. The summed E-state index contributed by atoms with van der Waals surface area (Å²) in [5.41, 5.74) is 0. The largest absolute Gasteiger partial charge is 0.408 e. The number of rotatable bonds is 7. The summed E-state index contributed by atoms with van der Waals surface area (Å²) in [6, 6.07) is 3.98. The maximum Gasteiger partial charge on any atom is 0.408 e. The molecule has 0 saturated heterocycles. The fourth-order valence-corrected chi connectivity index (χ4v) is 2.72. The lowest BCUT2D eigenvalue weighted by Gasteiger charge is -2.08. The van der Waals surface area contributed by atoms with Crippen molar-refractivity contribution in [1.29, 1.82) is 0 Å². The lowest BCUT2D eigenvalue weighted by Crippen LogP contribution is -2.20. The number of methoxy groups -OCH3 is 1. The van der Waals surface area contributed by atoms with Crippen LogP contribution in [0.25, 0.3) is 0 Å². The molecule has 0 spiro atoms. The van der Waals surface area contributed by atoms with Crippen molar-refractivity contribution >= 4 is 11.3 Å². The average molecular weight is 319 g/mol. The minimum absolute atomic E-state index is 0.114. The number of aromatic nitrogens is 3. The van der Waals surface area contributed by atoms with Crippen LogP contribution in [0, 0.1) is 0 Å². The third kappa shape index (κ3) is 5.13. The molecule has 0 unspecified atom stereocenters. The highest BCUT2D eigenvalue weighted by Gasteiger charge is 2.30. The molecule has 2 heterocycles. The summed E-state index contributed by atoms with van der Waals surface area (Å²) in [6.07, 6.45) is -2.27. The molecular formula is C13H16F3N3OS. The van der Waals surface area contributed by atoms with Crippen molar-refractivity contribution in [3.05, 3.63) is 34.0 Å². The summed E-state index contributed by atoms with van der Waals surface area (Å²) in [6.45, 7) is -0.999. The Labute approximate surface area is 124 Å². The van der Waals surface area contributed by atoms with Gasteiger partial charge in [0.25, 0.3) is 0 Å². The Hall–Kier alpha value is -1.41. The molecule has 0 aliphatic carbocycles. The first-order valence-corrected chi connectivity index (χ1v) is 7.36. The van der Waals surface area contributed by atoms with E-state index in [1.807, 2.05) is 17.5 Å². The summed E-state index contributed by atoms with van der Waals surface area (Å²) in [4.78, 5) is 5.35. The van der Waals surface area contributed by atoms with Gasteiger partial charge in [0, 0.05) is 18.4 Å². The molecule has 116 valence electrons. The van der Waals surface area contributed by atoms with Crippen LogP contribution in [0.3, 0.4) is 0 Å². The molecule has 8 heteroatoms. The Bertz CT molecular complexity index is 552. The number of nitrogens with zero attached hydrogens (tertiary/aromatic N) is 3. The molecule has 0 radical (unpaired) electrons. The summed E-state index contributed by atoms with van der Waals surface area (Å²) >= 11 is 1.64. The quantitative estimate of drug-likeness (QED) is 0.787. The Balaban J connectivity index is 2.01. The van der Waals surface area contributed by atoms with Gasteiger partial charge in [0.2, 0.25) is 0 Å². The zero-order valence-corrected chi connectivity index (χ0v) is 12.4. The topological polar surface area (TPSA) is 39.9 Å². The molecule has 2 aromatic rings. The van der Waals surface area contributed by atoms with Gasteiger partial charge in [-0.3, -0.25) is 0 Å². The van der Waals surface area contributed by atoms with Gasteiger partial charge in [-0.05, 0) is 24.3 Å². The van der Waals surface area contributed by atoms with E-state index in [4.69, 9.17) is 4.74 Å². The van der Waals surface area contributed by atoms with Crippen LogP contribution in [0.15, 0.2) is 17.5 Å². The molecular weight excluding hydrogens is 303 g/mol. The fourth-order valence-electron chi connectivity index (χ4n) is 1.97. The molecule has 2 aromatic heterocycles. The van der Waals surface area contributed by atoms with E-state index in [-0.39, 0.29) is 12.4 Å². The van der Waals surface area contributed by atoms with E-state index in [1.54, 1.807) is 11.3 Å². The van der Waals surface area contributed by atoms with E-state index < -0.39 is 12.7 Å². The van der Waals surface area contributed by atoms with Crippen LogP contribution in [0.2, 0.25) is 0 Å². The van der Waals surface area contributed by atoms with Gasteiger partial charge >= 0.3 is 6.18 Å². The molecule has 0 atom stereocenters. The number of thiophene rings is 1.